The van der Waals surface area contributed by atoms with Gasteiger partial charge in [-0.3, -0.25) is 9.69 Å². The molecule has 1 amide bonds. The molecule has 0 unspecified atom stereocenters. The molecular weight excluding hydrogens is 348 g/mol. The summed E-state index contributed by atoms with van der Waals surface area (Å²) in [4.78, 5) is 17.3. The molecule has 0 spiro atoms. The number of carbonyl (C=O) groups excluding carboxylic acids is 1. The Balaban J connectivity index is 0.00000196. The first-order valence-electron chi connectivity index (χ1n) is 9.54. The van der Waals surface area contributed by atoms with Crippen molar-refractivity contribution in [1.29, 1.82) is 0 Å². The number of hydrogen-bond acceptors (Lipinski definition) is 4. The van der Waals surface area contributed by atoms with Crippen molar-refractivity contribution in [1.82, 2.24) is 9.80 Å². The predicted octanol–water partition coefficient (Wildman–Crippen LogP) is 2.66. The molecule has 0 N–H and O–H groups in total. The highest BCUT2D eigenvalue weighted by Crippen LogP contribution is 2.35. The van der Waals surface area contributed by atoms with E-state index in [-0.39, 0.29) is 25.0 Å². The molecule has 1 atom stereocenters. The van der Waals surface area contributed by atoms with E-state index < -0.39 is 0 Å². The Morgan fingerprint density at radius 3 is 2.46 bits per heavy atom. The Labute approximate surface area is 163 Å². The first kappa shape index (κ1) is 19.4. The number of fused-ring (bicyclic) bond motifs is 1. The maximum Gasteiger partial charge on any atom is 0.228 e. The van der Waals surface area contributed by atoms with Crippen LogP contribution in [-0.2, 0) is 4.79 Å². The van der Waals surface area contributed by atoms with Crippen LogP contribution >= 0.6 is 13.5 Å². The van der Waals surface area contributed by atoms with Crippen molar-refractivity contribution < 1.29 is 14.3 Å². The van der Waals surface area contributed by atoms with Crippen molar-refractivity contribution in [3.05, 3.63) is 24.3 Å². The van der Waals surface area contributed by atoms with E-state index in [1.165, 1.54) is 0 Å². The maximum absolute atomic E-state index is 12.8. The summed E-state index contributed by atoms with van der Waals surface area (Å²) in [5.41, 5.74) is -0.183. The molecule has 2 fully saturated rings. The van der Waals surface area contributed by atoms with Crippen LogP contribution in [0.25, 0.3) is 0 Å². The van der Waals surface area contributed by atoms with Gasteiger partial charge in [-0.05, 0) is 50.9 Å². The third-order valence-electron chi connectivity index (χ3n) is 5.90. The summed E-state index contributed by atoms with van der Waals surface area (Å²) in [6.07, 6.45) is 4.26. The fourth-order valence-electron chi connectivity index (χ4n) is 4.19. The first-order valence-corrected chi connectivity index (χ1v) is 9.54. The van der Waals surface area contributed by atoms with Crippen LogP contribution < -0.4 is 9.47 Å². The lowest BCUT2D eigenvalue weighted by Crippen LogP contribution is -2.50. The Morgan fingerprint density at radius 1 is 1.12 bits per heavy atom. The molecule has 0 aliphatic carbocycles. The molecule has 144 valence electrons. The smallest absolute Gasteiger partial charge is 0.228 e. The molecular formula is C20H30N2O3S. The molecule has 2 saturated heterocycles. The van der Waals surface area contributed by atoms with Gasteiger partial charge in [0.1, 0.15) is 12.7 Å². The molecule has 1 aromatic carbocycles. The van der Waals surface area contributed by atoms with Gasteiger partial charge in [-0.25, -0.2) is 0 Å². The number of ether oxygens (including phenoxy) is 2. The van der Waals surface area contributed by atoms with E-state index in [4.69, 9.17) is 9.47 Å². The number of benzene rings is 1. The van der Waals surface area contributed by atoms with Gasteiger partial charge in [0.25, 0.3) is 0 Å². The monoisotopic (exact) mass is 378 g/mol. The number of rotatable bonds is 3. The van der Waals surface area contributed by atoms with Gasteiger partial charge in [-0.15, -0.1) is 0 Å². The van der Waals surface area contributed by atoms with Crippen molar-refractivity contribution in [3.63, 3.8) is 0 Å². The van der Waals surface area contributed by atoms with Crippen LogP contribution in [0.4, 0.5) is 0 Å². The number of piperidine rings is 1. The third-order valence-corrected chi connectivity index (χ3v) is 5.90. The van der Waals surface area contributed by atoms with Crippen LogP contribution in [0.15, 0.2) is 24.3 Å². The molecule has 26 heavy (non-hydrogen) atoms. The average Bonchev–Trinajstić information content (AvgIpc) is 3.18. The molecule has 1 aromatic rings. The van der Waals surface area contributed by atoms with Crippen molar-refractivity contribution in [2.75, 3.05) is 39.3 Å². The van der Waals surface area contributed by atoms with E-state index in [1.807, 2.05) is 24.3 Å². The highest BCUT2D eigenvalue weighted by molar-refractivity contribution is 7.59. The molecule has 0 radical (unpaired) electrons. The van der Waals surface area contributed by atoms with Gasteiger partial charge in [0.15, 0.2) is 11.5 Å². The number of hydrogen-bond donors (Lipinski definition) is 0. The molecule has 3 heterocycles. The van der Waals surface area contributed by atoms with E-state index >= 15 is 0 Å². The van der Waals surface area contributed by atoms with Crippen LogP contribution in [0.2, 0.25) is 0 Å². The molecule has 3 aliphatic rings. The second-order valence-electron chi connectivity index (χ2n) is 7.86. The molecule has 6 heteroatoms. The lowest BCUT2D eigenvalue weighted by atomic mass is 9.79. The van der Waals surface area contributed by atoms with E-state index in [0.717, 1.165) is 69.9 Å². The summed E-state index contributed by atoms with van der Waals surface area (Å²) < 4.78 is 11.9. The zero-order valence-electron chi connectivity index (χ0n) is 15.6. The van der Waals surface area contributed by atoms with Gasteiger partial charge in [-0.1, -0.05) is 19.1 Å². The van der Waals surface area contributed by atoms with Gasteiger partial charge in [0.05, 0.1) is 0 Å². The van der Waals surface area contributed by atoms with Gasteiger partial charge in [-0.2, -0.15) is 13.5 Å². The summed E-state index contributed by atoms with van der Waals surface area (Å²) in [6, 6.07) is 7.84. The van der Waals surface area contributed by atoms with Gasteiger partial charge < -0.3 is 14.4 Å². The van der Waals surface area contributed by atoms with E-state index in [2.05, 4.69) is 16.7 Å². The molecule has 3 aliphatic heterocycles. The number of para-hydroxylation sites is 2. The highest BCUT2D eigenvalue weighted by Gasteiger charge is 2.40. The second-order valence-corrected chi connectivity index (χ2v) is 7.86. The fourth-order valence-corrected chi connectivity index (χ4v) is 4.19. The lowest BCUT2D eigenvalue weighted by Gasteiger charge is -2.41. The predicted molar refractivity (Wildman–Crippen MR) is 106 cm³/mol. The Kier molecular flexibility index (Phi) is 6.03. The van der Waals surface area contributed by atoms with Gasteiger partial charge in [0, 0.05) is 25.0 Å². The standard InChI is InChI=1S/C20H28N2O3.H2S/c1-20(19(23)22-10-4-5-11-22)8-12-21(13-9-20)14-16-15-24-17-6-2-3-7-18(17)25-16;/h2-3,6-7,16H,4-5,8-15H2,1H3;1H2/t16-;/m0./s1. The summed E-state index contributed by atoms with van der Waals surface area (Å²) in [5, 5.41) is 0. The van der Waals surface area contributed by atoms with Crippen LogP contribution in [-0.4, -0.2) is 61.1 Å². The Hall–Kier alpha value is -1.40. The first-order chi connectivity index (χ1) is 12.1. The van der Waals surface area contributed by atoms with Crippen LogP contribution in [0, 0.1) is 5.41 Å². The van der Waals surface area contributed by atoms with Crippen LogP contribution in [0.5, 0.6) is 11.5 Å². The zero-order chi connectivity index (χ0) is 17.3. The van der Waals surface area contributed by atoms with E-state index in [0.29, 0.717) is 12.5 Å². The normalized spacial score (nSPS) is 24.8. The van der Waals surface area contributed by atoms with Crippen molar-refractivity contribution in [2.45, 2.75) is 38.7 Å². The summed E-state index contributed by atoms with van der Waals surface area (Å²) in [5.74, 6) is 2.04. The van der Waals surface area contributed by atoms with Crippen LogP contribution in [0.1, 0.15) is 32.6 Å². The number of carbonyl (C=O) groups is 1. The minimum Gasteiger partial charge on any atom is -0.486 e. The average molecular weight is 379 g/mol. The number of likely N-dealkylation sites (tertiary alicyclic amines) is 2. The topological polar surface area (TPSA) is 42.0 Å². The summed E-state index contributed by atoms with van der Waals surface area (Å²) >= 11 is 0. The SMILES string of the molecule is CC1(C(=O)N2CCCC2)CCN(C[C@H]2COc3ccccc3O2)CC1.S. The zero-order valence-corrected chi connectivity index (χ0v) is 16.6. The molecule has 0 bridgehead atoms. The van der Waals surface area contributed by atoms with Crippen LogP contribution in [0.3, 0.4) is 0 Å². The summed E-state index contributed by atoms with van der Waals surface area (Å²) in [6.45, 7) is 7.42. The maximum atomic E-state index is 12.8. The minimum absolute atomic E-state index is 0. The van der Waals surface area contributed by atoms with Gasteiger partial charge in [0.2, 0.25) is 5.91 Å². The van der Waals surface area contributed by atoms with Crippen molar-refractivity contribution >= 4 is 19.4 Å². The van der Waals surface area contributed by atoms with Crippen molar-refractivity contribution in [2.24, 2.45) is 5.41 Å². The number of amides is 1. The third kappa shape index (κ3) is 3.96. The molecule has 0 aromatic heterocycles. The Morgan fingerprint density at radius 2 is 1.77 bits per heavy atom. The number of nitrogens with zero attached hydrogens (tertiary/aromatic N) is 2. The van der Waals surface area contributed by atoms with Crippen molar-refractivity contribution in [3.8, 4) is 11.5 Å². The summed E-state index contributed by atoms with van der Waals surface area (Å²) in [7, 11) is 0. The molecule has 5 nitrogen and oxygen atoms in total. The van der Waals surface area contributed by atoms with E-state index in [1.54, 1.807) is 0 Å². The lowest BCUT2D eigenvalue weighted by molar-refractivity contribution is -0.143. The second kappa shape index (κ2) is 8.09. The Bertz CT molecular complexity index is 625. The largest absolute Gasteiger partial charge is 0.486 e. The fraction of sp³-hybridized carbons (Fsp3) is 0.650. The van der Waals surface area contributed by atoms with E-state index in [9.17, 15) is 4.79 Å². The highest BCUT2D eigenvalue weighted by atomic mass is 32.1. The molecule has 4 rings (SSSR count). The quantitative estimate of drug-likeness (QED) is 0.811. The molecule has 0 saturated carbocycles. The van der Waals surface area contributed by atoms with Gasteiger partial charge >= 0.3 is 0 Å². The minimum atomic E-state index is -0.183.